The van der Waals surface area contributed by atoms with Crippen LogP contribution in [-0.2, 0) is 20.7 Å². The van der Waals surface area contributed by atoms with Crippen molar-refractivity contribution in [1.82, 2.24) is 14.8 Å². The number of aromatic amines is 1. The normalized spacial score (nSPS) is 20.8. The molecule has 3 heterocycles. The number of aromatic nitrogens is 1. The Bertz CT molecular complexity index is 1140. The van der Waals surface area contributed by atoms with Crippen molar-refractivity contribution in [1.29, 1.82) is 0 Å². The van der Waals surface area contributed by atoms with E-state index in [4.69, 9.17) is 4.74 Å². The molecular weight excluding hydrogens is 458 g/mol. The Morgan fingerprint density at radius 3 is 2.68 bits per heavy atom. The van der Waals surface area contributed by atoms with Crippen molar-refractivity contribution in [3.05, 3.63) is 69.8 Å². The number of methoxy groups -OCH3 is 1. The maximum Gasteiger partial charge on any atom is 0.246 e. The SMILES string of the molecule is COCCCN1CC(=O)N2C(Cc3c([nH]c4ccccc34)C2c2ccc(Br)cc2)C1=O. The zero-order chi connectivity index (χ0) is 21.5. The number of ether oxygens (including phenoxy) is 1. The van der Waals surface area contributed by atoms with Crippen LogP contribution in [0.3, 0.4) is 0 Å². The molecule has 5 rings (SSSR count). The van der Waals surface area contributed by atoms with E-state index < -0.39 is 6.04 Å². The van der Waals surface area contributed by atoms with Crippen molar-refractivity contribution >= 4 is 38.6 Å². The zero-order valence-corrected chi connectivity index (χ0v) is 18.9. The number of hydrogen-bond donors (Lipinski definition) is 1. The highest BCUT2D eigenvalue weighted by atomic mass is 79.9. The number of carbonyl (C=O) groups excluding carboxylic acids is 2. The summed E-state index contributed by atoms with van der Waals surface area (Å²) >= 11 is 3.50. The lowest BCUT2D eigenvalue weighted by atomic mass is 9.86. The molecule has 1 saturated heterocycles. The van der Waals surface area contributed by atoms with Gasteiger partial charge in [0, 0.05) is 47.8 Å². The van der Waals surface area contributed by atoms with Gasteiger partial charge in [0.05, 0.1) is 12.6 Å². The number of amides is 2. The number of nitrogens with zero attached hydrogens (tertiary/aromatic N) is 2. The summed E-state index contributed by atoms with van der Waals surface area (Å²) in [7, 11) is 1.65. The molecule has 2 aliphatic rings. The zero-order valence-electron chi connectivity index (χ0n) is 17.3. The molecular formula is C24H24BrN3O3. The lowest BCUT2D eigenvalue weighted by Gasteiger charge is -2.47. The molecule has 6 nitrogen and oxygen atoms in total. The van der Waals surface area contributed by atoms with Crippen LogP contribution >= 0.6 is 15.9 Å². The van der Waals surface area contributed by atoms with E-state index in [1.165, 1.54) is 0 Å². The van der Waals surface area contributed by atoms with Crippen molar-refractivity contribution in [2.24, 2.45) is 0 Å². The molecule has 1 fully saturated rings. The third-order valence-electron chi connectivity index (χ3n) is 6.30. The van der Waals surface area contributed by atoms with Gasteiger partial charge in [-0.1, -0.05) is 46.3 Å². The van der Waals surface area contributed by atoms with Crippen molar-refractivity contribution in [3.63, 3.8) is 0 Å². The van der Waals surface area contributed by atoms with Crippen LogP contribution in [0.25, 0.3) is 10.9 Å². The quantitative estimate of drug-likeness (QED) is 0.565. The molecule has 2 amide bonds. The van der Waals surface area contributed by atoms with Gasteiger partial charge in [0.25, 0.3) is 0 Å². The minimum atomic E-state index is -0.496. The molecule has 31 heavy (non-hydrogen) atoms. The first-order valence-electron chi connectivity index (χ1n) is 10.5. The fourth-order valence-corrected chi connectivity index (χ4v) is 5.17. The maximum absolute atomic E-state index is 13.5. The smallest absolute Gasteiger partial charge is 0.246 e. The van der Waals surface area contributed by atoms with E-state index in [1.54, 1.807) is 16.9 Å². The summed E-state index contributed by atoms with van der Waals surface area (Å²) < 4.78 is 6.11. The lowest BCUT2D eigenvalue weighted by molar-refractivity contribution is -0.158. The topological polar surface area (TPSA) is 65.6 Å². The molecule has 0 spiro atoms. The van der Waals surface area contributed by atoms with Crippen molar-refractivity contribution in [2.75, 3.05) is 26.8 Å². The molecule has 1 aromatic heterocycles. The first-order valence-corrected chi connectivity index (χ1v) is 11.3. The monoisotopic (exact) mass is 481 g/mol. The van der Waals surface area contributed by atoms with Crippen LogP contribution in [0.5, 0.6) is 0 Å². The van der Waals surface area contributed by atoms with Gasteiger partial charge in [-0.05, 0) is 35.7 Å². The van der Waals surface area contributed by atoms with Crippen molar-refractivity contribution < 1.29 is 14.3 Å². The number of H-pyrrole nitrogens is 1. The summed E-state index contributed by atoms with van der Waals surface area (Å²) in [5, 5.41) is 1.12. The number of carbonyl (C=O) groups is 2. The number of hydrogen-bond acceptors (Lipinski definition) is 3. The van der Waals surface area contributed by atoms with Gasteiger partial charge in [-0.15, -0.1) is 0 Å². The van der Waals surface area contributed by atoms with Crippen LogP contribution in [0, 0.1) is 0 Å². The van der Waals surface area contributed by atoms with E-state index in [0.29, 0.717) is 19.6 Å². The number of fused-ring (bicyclic) bond motifs is 4. The van der Waals surface area contributed by atoms with Crippen LogP contribution in [0.4, 0.5) is 0 Å². The van der Waals surface area contributed by atoms with Gasteiger partial charge >= 0.3 is 0 Å². The minimum Gasteiger partial charge on any atom is -0.385 e. The van der Waals surface area contributed by atoms with E-state index in [-0.39, 0.29) is 24.4 Å². The maximum atomic E-state index is 13.5. The number of rotatable bonds is 5. The number of halogens is 1. The molecule has 0 saturated carbocycles. The molecule has 2 unspecified atom stereocenters. The van der Waals surface area contributed by atoms with Gasteiger partial charge in [-0.25, -0.2) is 0 Å². The summed E-state index contributed by atoms with van der Waals surface area (Å²) in [6, 6.07) is 15.3. The predicted molar refractivity (Wildman–Crippen MR) is 122 cm³/mol. The Balaban J connectivity index is 1.61. The molecule has 2 aromatic carbocycles. The predicted octanol–water partition coefficient (Wildman–Crippen LogP) is 3.65. The van der Waals surface area contributed by atoms with Crippen molar-refractivity contribution in [3.8, 4) is 0 Å². The van der Waals surface area contributed by atoms with Gasteiger partial charge < -0.3 is 19.5 Å². The summed E-state index contributed by atoms with van der Waals surface area (Å²) in [6.07, 6.45) is 1.24. The Labute approximate surface area is 189 Å². The summed E-state index contributed by atoms with van der Waals surface area (Å²) in [5.74, 6) is 0.00740. The van der Waals surface area contributed by atoms with Gasteiger partial charge in [0.1, 0.15) is 6.04 Å². The molecule has 160 valence electrons. The second kappa shape index (κ2) is 8.13. The van der Waals surface area contributed by atoms with Gasteiger partial charge in [-0.3, -0.25) is 9.59 Å². The van der Waals surface area contributed by atoms with Crippen LogP contribution in [0.15, 0.2) is 53.0 Å². The van der Waals surface area contributed by atoms with Crippen LogP contribution in [-0.4, -0.2) is 59.4 Å². The molecule has 2 aliphatic heterocycles. The number of benzene rings is 2. The first kappa shape index (κ1) is 20.3. The van der Waals surface area contributed by atoms with Crippen LogP contribution in [0.2, 0.25) is 0 Å². The molecule has 0 aliphatic carbocycles. The molecule has 3 aromatic rings. The Morgan fingerprint density at radius 1 is 1.13 bits per heavy atom. The average Bonchev–Trinajstić information content (AvgIpc) is 3.15. The van der Waals surface area contributed by atoms with Gasteiger partial charge in [-0.2, -0.15) is 0 Å². The number of para-hydroxylation sites is 1. The summed E-state index contributed by atoms with van der Waals surface area (Å²) in [4.78, 5) is 33.9. The largest absolute Gasteiger partial charge is 0.385 e. The van der Waals surface area contributed by atoms with E-state index in [0.717, 1.165) is 38.6 Å². The third kappa shape index (κ3) is 3.46. The summed E-state index contributed by atoms with van der Waals surface area (Å²) in [5.41, 5.74) is 4.17. The molecule has 1 N–H and O–H groups in total. The highest BCUT2D eigenvalue weighted by Crippen LogP contribution is 2.42. The van der Waals surface area contributed by atoms with Gasteiger partial charge in [0.2, 0.25) is 11.8 Å². The van der Waals surface area contributed by atoms with E-state index in [9.17, 15) is 9.59 Å². The van der Waals surface area contributed by atoms with Crippen LogP contribution < -0.4 is 0 Å². The molecule has 0 radical (unpaired) electrons. The Hall–Kier alpha value is -2.64. The first-order chi connectivity index (χ1) is 15.1. The average molecular weight is 482 g/mol. The van der Waals surface area contributed by atoms with E-state index in [2.05, 4.69) is 27.0 Å². The highest BCUT2D eigenvalue weighted by molar-refractivity contribution is 9.10. The van der Waals surface area contributed by atoms with Crippen LogP contribution in [0.1, 0.15) is 29.3 Å². The summed E-state index contributed by atoms with van der Waals surface area (Å²) in [6.45, 7) is 1.22. The fourth-order valence-electron chi connectivity index (χ4n) is 4.90. The van der Waals surface area contributed by atoms with Gasteiger partial charge in [0.15, 0.2) is 0 Å². The van der Waals surface area contributed by atoms with E-state index in [1.807, 2.05) is 42.5 Å². The highest BCUT2D eigenvalue weighted by Gasteiger charge is 2.47. The second-order valence-corrected chi connectivity index (χ2v) is 9.06. The third-order valence-corrected chi connectivity index (χ3v) is 6.83. The lowest BCUT2D eigenvalue weighted by Crippen LogP contribution is -2.63. The fraction of sp³-hybridized carbons (Fsp3) is 0.333. The second-order valence-electron chi connectivity index (χ2n) is 8.14. The molecule has 0 bridgehead atoms. The number of piperazine rings is 1. The standard InChI is InChI=1S/C24H24BrN3O3/c1-31-12-4-11-27-14-21(29)28-20(24(27)30)13-18-17-5-2-3-6-19(17)26-22(18)23(28)15-7-9-16(25)10-8-15/h2-3,5-10,20,23,26H,4,11-14H2,1H3. The molecule has 2 atom stereocenters. The molecule has 7 heteroatoms. The van der Waals surface area contributed by atoms with Crippen molar-refractivity contribution in [2.45, 2.75) is 24.9 Å². The number of nitrogens with one attached hydrogen (secondary N) is 1. The minimum absolute atomic E-state index is 0.0146. The van der Waals surface area contributed by atoms with E-state index >= 15 is 0 Å². The Kier molecular flexibility index (Phi) is 5.32. The Morgan fingerprint density at radius 2 is 1.90 bits per heavy atom.